The predicted octanol–water partition coefficient (Wildman–Crippen LogP) is 3.48. The van der Waals surface area contributed by atoms with Gasteiger partial charge in [-0.05, 0) is 17.7 Å². The number of aromatic nitrogens is 2. The maximum absolute atomic E-state index is 13.7. The van der Waals surface area contributed by atoms with Crippen molar-refractivity contribution in [2.24, 2.45) is 0 Å². The Balaban J connectivity index is 1.69. The predicted molar refractivity (Wildman–Crippen MR) is 89.9 cm³/mol. The molecule has 0 unspecified atom stereocenters. The van der Waals surface area contributed by atoms with Gasteiger partial charge in [0.15, 0.2) is 0 Å². The van der Waals surface area contributed by atoms with Crippen molar-refractivity contribution < 1.29 is 13.6 Å². The molecule has 0 N–H and O–H groups in total. The molecule has 3 rings (SSSR count). The lowest BCUT2D eigenvalue weighted by atomic mass is 10.1. The van der Waals surface area contributed by atoms with E-state index < -0.39 is 23.1 Å². The van der Waals surface area contributed by atoms with E-state index in [9.17, 15) is 13.6 Å². The van der Waals surface area contributed by atoms with Gasteiger partial charge in [-0.3, -0.25) is 9.48 Å². The van der Waals surface area contributed by atoms with E-state index in [1.165, 1.54) is 18.0 Å². The van der Waals surface area contributed by atoms with E-state index in [-0.39, 0.29) is 6.54 Å². The minimum Gasteiger partial charge on any atom is -0.337 e. The van der Waals surface area contributed by atoms with Gasteiger partial charge < -0.3 is 4.90 Å². The van der Waals surface area contributed by atoms with Gasteiger partial charge in [0.25, 0.3) is 5.91 Å². The van der Waals surface area contributed by atoms with Crippen LogP contribution in [-0.2, 0) is 13.1 Å². The van der Waals surface area contributed by atoms with Crippen molar-refractivity contribution in [3.05, 3.63) is 89.2 Å². The Kier molecular flexibility index (Phi) is 4.88. The van der Waals surface area contributed by atoms with Crippen LogP contribution in [0.25, 0.3) is 0 Å². The van der Waals surface area contributed by atoms with Crippen LogP contribution in [0.3, 0.4) is 0 Å². The summed E-state index contributed by atoms with van der Waals surface area (Å²) in [7, 11) is 1.50. The maximum Gasteiger partial charge on any atom is 0.259 e. The van der Waals surface area contributed by atoms with Crippen molar-refractivity contribution in [1.29, 1.82) is 0 Å². The first-order chi connectivity index (χ1) is 12.0. The molecule has 3 aromatic rings. The molecule has 1 aromatic heterocycles. The second-order valence-corrected chi connectivity index (χ2v) is 5.79. The summed E-state index contributed by atoms with van der Waals surface area (Å²) in [5, 5.41) is 4.26. The molecule has 0 bridgehead atoms. The van der Waals surface area contributed by atoms with E-state index in [0.29, 0.717) is 6.54 Å². The third kappa shape index (κ3) is 3.91. The zero-order valence-corrected chi connectivity index (χ0v) is 13.7. The third-order valence-electron chi connectivity index (χ3n) is 3.82. The summed E-state index contributed by atoms with van der Waals surface area (Å²) in [6.45, 7) is 0.821. The fourth-order valence-electron chi connectivity index (χ4n) is 2.58. The lowest BCUT2D eigenvalue weighted by molar-refractivity contribution is 0.0775. The summed E-state index contributed by atoms with van der Waals surface area (Å²) in [5.74, 6) is -2.43. The molecule has 1 heterocycles. The van der Waals surface area contributed by atoms with Gasteiger partial charge in [0.2, 0.25) is 0 Å². The normalized spacial score (nSPS) is 10.7. The molecule has 0 atom stereocenters. The highest BCUT2D eigenvalue weighted by atomic mass is 19.1. The highest BCUT2D eigenvalue weighted by molar-refractivity contribution is 5.94. The van der Waals surface area contributed by atoms with Crippen LogP contribution in [0.1, 0.15) is 21.5 Å². The monoisotopic (exact) mass is 341 g/mol. The first-order valence-electron chi connectivity index (χ1n) is 7.79. The molecule has 0 saturated heterocycles. The smallest absolute Gasteiger partial charge is 0.259 e. The van der Waals surface area contributed by atoms with Crippen LogP contribution in [0.2, 0.25) is 0 Å². The summed E-state index contributed by atoms with van der Waals surface area (Å²) >= 11 is 0. The average molecular weight is 341 g/mol. The number of nitrogens with zero attached hydrogens (tertiary/aromatic N) is 3. The Bertz CT molecular complexity index is 857. The highest BCUT2D eigenvalue weighted by Crippen LogP contribution is 2.15. The Morgan fingerprint density at radius 3 is 2.40 bits per heavy atom. The molecular weight excluding hydrogens is 324 g/mol. The van der Waals surface area contributed by atoms with E-state index in [2.05, 4.69) is 5.10 Å². The summed E-state index contributed by atoms with van der Waals surface area (Å²) in [5.41, 5.74) is 1.35. The minimum atomic E-state index is -0.864. The van der Waals surface area contributed by atoms with Crippen molar-refractivity contribution in [1.82, 2.24) is 14.7 Å². The second kappa shape index (κ2) is 7.25. The van der Waals surface area contributed by atoms with Crippen molar-refractivity contribution in [2.75, 3.05) is 7.05 Å². The molecule has 0 fully saturated rings. The molecule has 6 heteroatoms. The van der Waals surface area contributed by atoms with Crippen molar-refractivity contribution in [3.63, 3.8) is 0 Å². The molecule has 0 aliphatic rings. The van der Waals surface area contributed by atoms with Crippen LogP contribution in [-0.4, -0.2) is 27.6 Å². The van der Waals surface area contributed by atoms with Crippen LogP contribution < -0.4 is 0 Å². The highest BCUT2D eigenvalue weighted by Gasteiger charge is 2.21. The van der Waals surface area contributed by atoms with E-state index in [4.69, 9.17) is 0 Å². The van der Waals surface area contributed by atoms with Gasteiger partial charge in [0.05, 0.1) is 12.7 Å². The number of amides is 1. The van der Waals surface area contributed by atoms with Gasteiger partial charge in [-0.15, -0.1) is 0 Å². The van der Waals surface area contributed by atoms with Crippen LogP contribution in [0.5, 0.6) is 0 Å². The van der Waals surface area contributed by atoms with Gasteiger partial charge >= 0.3 is 0 Å². The van der Waals surface area contributed by atoms with E-state index in [1.54, 1.807) is 10.9 Å². The van der Waals surface area contributed by atoms with E-state index in [1.807, 2.05) is 36.5 Å². The lowest BCUT2D eigenvalue weighted by Crippen LogP contribution is -2.27. The van der Waals surface area contributed by atoms with Crippen molar-refractivity contribution >= 4 is 5.91 Å². The quantitative estimate of drug-likeness (QED) is 0.713. The number of hydrogen-bond acceptors (Lipinski definition) is 2. The van der Waals surface area contributed by atoms with Gasteiger partial charge in [-0.2, -0.15) is 5.10 Å². The lowest BCUT2D eigenvalue weighted by Gasteiger charge is -2.17. The number of carbonyl (C=O) groups excluding carboxylic acids is 1. The fourth-order valence-corrected chi connectivity index (χ4v) is 2.58. The first-order valence-corrected chi connectivity index (χ1v) is 7.79. The van der Waals surface area contributed by atoms with Gasteiger partial charge in [0, 0.05) is 25.4 Å². The van der Waals surface area contributed by atoms with Gasteiger partial charge in [-0.1, -0.05) is 36.4 Å². The third-order valence-corrected chi connectivity index (χ3v) is 3.82. The van der Waals surface area contributed by atoms with Gasteiger partial charge in [0.1, 0.15) is 17.2 Å². The molecular formula is C19H17F2N3O. The zero-order valence-electron chi connectivity index (χ0n) is 13.7. The molecule has 128 valence electrons. The summed E-state index contributed by atoms with van der Waals surface area (Å²) in [6.07, 6.45) is 3.46. The second-order valence-electron chi connectivity index (χ2n) is 5.79. The first kappa shape index (κ1) is 16.8. The number of benzene rings is 2. The zero-order chi connectivity index (χ0) is 17.8. The fraction of sp³-hybridized carbons (Fsp3) is 0.158. The molecule has 25 heavy (non-hydrogen) atoms. The van der Waals surface area contributed by atoms with Crippen LogP contribution in [0, 0.1) is 11.6 Å². The minimum absolute atomic E-state index is 0.210. The molecule has 4 nitrogen and oxygen atoms in total. The SMILES string of the molecule is CN(Cc1cnn(Cc2ccccc2)c1)C(=O)c1c(F)cccc1F. The standard InChI is InChI=1S/C19H17F2N3O/c1-23(19(25)18-16(20)8-5-9-17(18)21)11-15-10-22-24(13-15)12-14-6-3-2-4-7-14/h2-10,13H,11-12H2,1H3. The van der Waals surface area contributed by atoms with Crippen LogP contribution in [0.15, 0.2) is 60.9 Å². The van der Waals surface area contributed by atoms with E-state index >= 15 is 0 Å². The summed E-state index contributed by atoms with van der Waals surface area (Å²) in [6, 6.07) is 13.2. The van der Waals surface area contributed by atoms with Crippen LogP contribution in [0.4, 0.5) is 8.78 Å². The maximum atomic E-state index is 13.7. The molecule has 0 aliphatic heterocycles. The summed E-state index contributed by atoms with van der Waals surface area (Å²) in [4.78, 5) is 13.6. The largest absolute Gasteiger partial charge is 0.337 e. The van der Waals surface area contributed by atoms with Crippen molar-refractivity contribution in [2.45, 2.75) is 13.1 Å². The average Bonchev–Trinajstić information content (AvgIpc) is 3.02. The summed E-state index contributed by atoms with van der Waals surface area (Å²) < 4.78 is 29.2. The molecule has 0 spiro atoms. The van der Waals surface area contributed by atoms with Crippen molar-refractivity contribution in [3.8, 4) is 0 Å². The molecule has 0 radical (unpaired) electrons. The van der Waals surface area contributed by atoms with Gasteiger partial charge in [-0.25, -0.2) is 8.78 Å². The Morgan fingerprint density at radius 1 is 1.04 bits per heavy atom. The number of rotatable bonds is 5. The molecule has 2 aromatic carbocycles. The molecule has 0 aliphatic carbocycles. The Morgan fingerprint density at radius 2 is 1.72 bits per heavy atom. The molecule has 0 saturated carbocycles. The van der Waals surface area contributed by atoms with E-state index in [0.717, 1.165) is 23.3 Å². The molecule has 1 amide bonds. The Labute approximate surface area is 144 Å². The Hall–Kier alpha value is -3.02. The van der Waals surface area contributed by atoms with Crippen LogP contribution >= 0.6 is 0 Å². The number of hydrogen-bond donors (Lipinski definition) is 0. The number of carbonyl (C=O) groups is 1. The number of halogens is 2. The topological polar surface area (TPSA) is 38.1 Å².